The van der Waals surface area contributed by atoms with Crippen LogP contribution < -0.4 is 0 Å². The maximum Gasteiger partial charge on any atom is 0.130 e. The molecular weight excluding hydrogens is 310 g/mol. The van der Waals surface area contributed by atoms with Crippen molar-refractivity contribution in [2.24, 2.45) is 0 Å². The monoisotopic (exact) mass is 332 g/mol. The van der Waals surface area contributed by atoms with E-state index in [0.717, 1.165) is 43.9 Å². The van der Waals surface area contributed by atoms with Crippen LogP contribution in [0, 0.1) is 11.6 Å². The Hall–Kier alpha value is -1.82. The maximum atomic E-state index is 13.8. The quantitative estimate of drug-likeness (QED) is 0.912. The molecule has 0 spiro atoms. The van der Waals surface area contributed by atoms with Gasteiger partial charge >= 0.3 is 0 Å². The van der Waals surface area contributed by atoms with E-state index < -0.39 is 11.6 Å². The predicted octanol–water partition coefficient (Wildman–Crippen LogP) is 2.77. The molecule has 0 radical (unpaired) electrons. The minimum Gasteiger partial charge on any atom is -0.392 e. The molecule has 0 bridgehead atoms. The second-order valence-corrected chi connectivity index (χ2v) is 6.18. The minimum absolute atomic E-state index is 0.0443. The Morgan fingerprint density at radius 1 is 0.750 bits per heavy atom. The first-order valence-corrected chi connectivity index (χ1v) is 8.22. The number of piperazine rings is 1. The summed E-state index contributed by atoms with van der Waals surface area (Å²) in [7, 11) is 0. The van der Waals surface area contributed by atoms with Gasteiger partial charge in [-0.05, 0) is 23.3 Å². The first-order valence-electron chi connectivity index (χ1n) is 8.22. The highest BCUT2D eigenvalue weighted by molar-refractivity contribution is 5.26. The number of benzene rings is 2. The molecule has 0 atom stereocenters. The standard InChI is InChI=1S/C19H22F2N2O/c20-18-6-3-7-19(21)17(18)13-23-10-8-22(9-11-23)12-15-4-1-2-5-16(15)14-24/h1-7,24H,8-14H2. The largest absolute Gasteiger partial charge is 0.392 e. The predicted molar refractivity (Wildman–Crippen MR) is 89.3 cm³/mol. The Labute approximate surface area is 141 Å². The Morgan fingerprint density at radius 3 is 1.88 bits per heavy atom. The van der Waals surface area contributed by atoms with Gasteiger partial charge in [0, 0.05) is 44.8 Å². The average molecular weight is 332 g/mol. The summed E-state index contributed by atoms with van der Waals surface area (Å²) < 4.78 is 27.5. The third-order valence-corrected chi connectivity index (χ3v) is 4.59. The molecule has 1 heterocycles. The molecule has 1 fully saturated rings. The first-order chi connectivity index (χ1) is 11.7. The van der Waals surface area contributed by atoms with Gasteiger partial charge in [-0.3, -0.25) is 9.80 Å². The maximum absolute atomic E-state index is 13.8. The van der Waals surface area contributed by atoms with Gasteiger partial charge in [0.05, 0.1) is 6.61 Å². The van der Waals surface area contributed by atoms with Gasteiger partial charge in [0.1, 0.15) is 11.6 Å². The summed E-state index contributed by atoms with van der Waals surface area (Å²) in [5.74, 6) is -0.955. The molecule has 0 amide bonds. The summed E-state index contributed by atoms with van der Waals surface area (Å²) in [4.78, 5) is 4.39. The van der Waals surface area contributed by atoms with Crippen molar-refractivity contribution in [1.82, 2.24) is 9.80 Å². The number of aliphatic hydroxyl groups excluding tert-OH is 1. The highest BCUT2D eigenvalue weighted by Crippen LogP contribution is 2.17. The summed E-state index contributed by atoms with van der Waals surface area (Å²) in [6, 6.07) is 11.9. The Kier molecular flexibility index (Phi) is 5.56. The zero-order chi connectivity index (χ0) is 16.9. The Morgan fingerprint density at radius 2 is 1.29 bits per heavy atom. The Bertz CT molecular complexity index is 665. The summed E-state index contributed by atoms with van der Waals surface area (Å²) in [5, 5.41) is 9.41. The van der Waals surface area contributed by atoms with E-state index in [4.69, 9.17) is 0 Å². The Balaban J connectivity index is 1.56. The second-order valence-electron chi connectivity index (χ2n) is 6.18. The minimum atomic E-state index is -0.477. The fraction of sp³-hybridized carbons (Fsp3) is 0.368. The molecule has 2 aromatic rings. The van der Waals surface area contributed by atoms with Crippen molar-refractivity contribution in [3.05, 3.63) is 70.8 Å². The molecule has 3 rings (SSSR count). The van der Waals surface area contributed by atoms with E-state index in [9.17, 15) is 13.9 Å². The van der Waals surface area contributed by atoms with Gasteiger partial charge in [0.15, 0.2) is 0 Å². The molecular formula is C19H22F2N2O. The highest BCUT2D eigenvalue weighted by atomic mass is 19.1. The van der Waals surface area contributed by atoms with Crippen molar-refractivity contribution in [3.63, 3.8) is 0 Å². The lowest BCUT2D eigenvalue weighted by atomic mass is 10.1. The van der Waals surface area contributed by atoms with Crippen LogP contribution in [0.1, 0.15) is 16.7 Å². The molecule has 0 aromatic heterocycles. The molecule has 1 aliphatic heterocycles. The molecule has 0 aliphatic carbocycles. The van der Waals surface area contributed by atoms with Crippen LogP contribution in [0.5, 0.6) is 0 Å². The number of rotatable bonds is 5. The average Bonchev–Trinajstić information content (AvgIpc) is 2.60. The van der Waals surface area contributed by atoms with Gasteiger partial charge in [-0.25, -0.2) is 8.78 Å². The topological polar surface area (TPSA) is 26.7 Å². The molecule has 0 saturated carbocycles. The number of halogens is 2. The van der Waals surface area contributed by atoms with E-state index in [-0.39, 0.29) is 12.2 Å². The zero-order valence-electron chi connectivity index (χ0n) is 13.6. The second kappa shape index (κ2) is 7.83. The molecule has 128 valence electrons. The number of hydrogen-bond acceptors (Lipinski definition) is 3. The van der Waals surface area contributed by atoms with E-state index in [0.29, 0.717) is 6.54 Å². The molecule has 1 aliphatic rings. The number of hydrogen-bond donors (Lipinski definition) is 1. The van der Waals surface area contributed by atoms with Crippen LogP contribution in [0.4, 0.5) is 8.78 Å². The van der Waals surface area contributed by atoms with Crippen molar-refractivity contribution < 1.29 is 13.9 Å². The van der Waals surface area contributed by atoms with E-state index in [2.05, 4.69) is 9.80 Å². The van der Waals surface area contributed by atoms with E-state index >= 15 is 0 Å². The van der Waals surface area contributed by atoms with Crippen LogP contribution in [0.25, 0.3) is 0 Å². The smallest absolute Gasteiger partial charge is 0.130 e. The van der Waals surface area contributed by atoms with Gasteiger partial charge < -0.3 is 5.11 Å². The SMILES string of the molecule is OCc1ccccc1CN1CCN(Cc2c(F)cccc2F)CC1. The van der Waals surface area contributed by atoms with Crippen molar-refractivity contribution in [2.75, 3.05) is 26.2 Å². The summed E-state index contributed by atoms with van der Waals surface area (Å²) in [6.45, 7) is 4.37. The lowest BCUT2D eigenvalue weighted by molar-refractivity contribution is 0.119. The molecule has 2 aromatic carbocycles. The van der Waals surface area contributed by atoms with Gasteiger partial charge in [0.25, 0.3) is 0 Å². The van der Waals surface area contributed by atoms with Crippen molar-refractivity contribution in [2.45, 2.75) is 19.7 Å². The van der Waals surface area contributed by atoms with E-state index in [1.807, 2.05) is 24.3 Å². The first kappa shape index (κ1) is 17.0. The van der Waals surface area contributed by atoms with E-state index in [1.54, 1.807) is 0 Å². The molecule has 5 heteroatoms. The van der Waals surface area contributed by atoms with Crippen LogP contribution in [-0.2, 0) is 19.7 Å². The van der Waals surface area contributed by atoms with Gasteiger partial charge in [-0.15, -0.1) is 0 Å². The summed E-state index contributed by atoms with van der Waals surface area (Å²) in [6.07, 6.45) is 0. The van der Waals surface area contributed by atoms with E-state index in [1.165, 1.54) is 18.2 Å². The fourth-order valence-corrected chi connectivity index (χ4v) is 3.12. The molecule has 3 nitrogen and oxygen atoms in total. The third-order valence-electron chi connectivity index (χ3n) is 4.59. The summed E-state index contributed by atoms with van der Waals surface area (Å²) >= 11 is 0. The lowest BCUT2D eigenvalue weighted by Gasteiger charge is -2.35. The van der Waals surface area contributed by atoms with Crippen LogP contribution in [-0.4, -0.2) is 41.1 Å². The van der Waals surface area contributed by atoms with Crippen LogP contribution in [0.3, 0.4) is 0 Å². The summed E-state index contributed by atoms with van der Waals surface area (Å²) in [5.41, 5.74) is 2.23. The highest BCUT2D eigenvalue weighted by Gasteiger charge is 2.20. The van der Waals surface area contributed by atoms with Crippen molar-refractivity contribution >= 4 is 0 Å². The normalized spacial score (nSPS) is 16.5. The molecule has 24 heavy (non-hydrogen) atoms. The molecule has 0 unspecified atom stereocenters. The van der Waals surface area contributed by atoms with Gasteiger partial charge in [0.2, 0.25) is 0 Å². The zero-order valence-corrected chi connectivity index (χ0v) is 13.6. The van der Waals surface area contributed by atoms with Gasteiger partial charge in [-0.1, -0.05) is 30.3 Å². The third kappa shape index (κ3) is 3.98. The van der Waals surface area contributed by atoms with Crippen LogP contribution in [0.15, 0.2) is 42.5 Å². The number of aliphatic hydroxyl groups is 1. The van der Waals surface area contributed by atoms with Crippen LogP contribution >= 0.6 is 0 Å². The molecule has 1 saturated heterocycles. The van der Waals surface area contributed by atoms with Crippen molar-refractivity contribution in [3.8, 4) is 0 Å². The van der Waals surface area contributed by atoms with Gasteiger partial charge in [-0.2, -0.15) is 0 Å². The number of nitrogens with zero attached hydrogens (tertiary/aromatic N) is 2. The fourth-order valence-electron chi connectivity index (χ4n) is 3.12. The molecule has 1 N–H and O–H groups in total. The van der Waals surface area contributed by atoms with Crippen LogP contribution in [0.2, 0.25) is 0 Å². The lowest BCUT2D eigenvalue weighted by Crippen LogP contribution is -2.45. The van der Waals surface area contributed by atoms with Crippen molar-refractivity contribution in [1.29, 1.82) is 0 Å².